The van der Waals surface area contributed by atoms with E-state index in [0.717, 1.165) is 24.7 Å². The number of hydrogen-bond acceptors (Lipinski definition) is 2. The van der Waals surface area contributed by atoms with E-state index < -0.39 is 0 Å². The summed E-state index contributed by atoms with van der Waals surface area (Å²) < 4.78 is 0. The minimum Gasteiger partial charge on any atom is -0.353 e. The molecule has 0 aromatic carbocycles. The summed E-state index contributed by atoms with van der Waals surface area (Å²) in [6.07, 6.45) is 3.49. The third-order valence-electron chi connectivity index (χ3n) is 3.11. The molecular formula is C10H19NOS. The Labute approximate surface area is 85.9 Å². The van der Waals surface area contributed by atoms with E-state index in [4.69, 9.17) is 0 Å². The van der Waals surface area contributed by atoms with Crippen LogP contribution in [0.25, 0.3) is 0 Å². The molecule has 0 aliphatic heterocycles. The van der Waals surface area contributed by atoms with Gasteiger partial charge < -0.3 is 5.32 Å². The highest BCUT2D eigenvalue weighted by molar-refractivity contribution is 7.81. The van der Waals surface area contributed by atoms with Crippen molar-refractivity contribution in [2.75, 3.05) is 5.75 Å². The van der Waals surface area contributed by atoms with Gasteiger partial charge in [0.1, 0.15) is 0 Å². The van der Waals surface area contributed by atoms with Crippen LogP contribution in [0.1, 0.15) is 33.1 Å². The van der Waals surface area contributed by atoms with E-state index in [1.165, 1.54) is 6.42 Å². The van der Waals surface area contributed by atoms with Gasteiger partial charge in [-0.3, -0.25) is 4.79 Å². The maximum absolute atomic E-state index is 11.1. The molecule has 0 heterocycles. The highest BCUT2D eigenvalue weighted by Gasteiger charge is 2.24. The Morgan fingerprint density at radius 3 is 2.62 bits per heavy atom. The molecule has 1 aliphatic rings. The summed E-state index contributed by atoms with van der Waals surface area (Å²) in [6, 6.07) is 0.394. The monoisotopic (exact) mass is 201 g/mol. The largest absolute Gasteiger partial charge is 0.353 e. The summed E-state index contributed by atoms with van der Waals surface area (Å²) >= 11 is 3.94. The molecule has 13 heavy (non-hydrogen) atoms. The maximum atomic E-state index is 11.1. The van der Waals surface area contributed by atoms with Gasteiger partial charge in [-0.2, -0.15) is 12.6 Å². The van der Waals surface area contributed by atoms with Crippen LogP contribution >= 0.6 is 12.6 Å². The predicted octanol–water partition coefficient (Wildman–Crippen LogP) is 1.86. The number of carbonyl (C=O) groups excluding carboxylic acids is 1. The summed E-state index contributed by atoms with van der Waals surface area (Å²) in [6.45, 7) is 4.56. The van der Waals surface area contributed by atoms with Gasteiger partial charge in [0, 0.05) is 6.04 Å². The smallest absolute Gasteiger partial charge is 0.229 e. The minimum absolute atomic E-state index is 0.0649. The van der Waals surface area contributed by atoms with Crippen LogP contribution in [-0.2, 0) is 4.79 Å². The first-order valence-electron chi connectivity index (χ1n) is 5.03. The van der Waals surface area contributed by atoms with Gasteiger partial charge in [0.15, 0.2) is 0 Å². The maximum Gasteiger partial charge on any atom is 0.229 e. The summed E-state index contributed by atoms with van der Waals surface area (Å²) in [5.74, 6) is 1.92. The lowest BCUT2D eigenvalue weighted by Crippen LogP contribution is -2.40. The Morgan fingerprint density at radius 1 is 1.38 bits per heavy atom. The van der Waals surface area contributed by atoms with Gasteiger partial charge in [0.2, 0.25) is 5.91 Å². The van der Waals surface area contributed by atoms with E-state index in [-0.39, 0.29) is 5.91 Å². The molecule has 76 valence electrons. The number of thiol groups is 1. The molecule has 0 bridgehead atoms. The molecular weight excluding hydrogens is 182 g/mol. The Morgan fingerprint density at radius 2 is 2.08 bits per heavy atom. The van der Waals surface area contributed by atoms with Gasteiger partial charge in [-0.15, -0.1) is 0 Å². The molecule has 3 unspecified atom stereocenters. The highest BCUT2D eigenvalue weighted by atomic mass is 32.1. The van der Waals surface area contributed by atoms with Crippen molar-refractivity contribution < 1.29 is 4.79 Å². The molecule has 0 aromatic heterocycles. The predicted molar refractivity (Wildman–Crippen MR) is 58.0 cm³/mol. The molecule has 0 aromatic rings. The van der Waals surface area contributed by atoms with Crippen molar-refractivity contribution >= 4 is 18.5 Å². The van der Waals surface area contributed by atoms with Crippen molar-refractivity contribution in [2.24, 2.45) is 11.8 Å². The Bertz CT molecular complexity index is 184. The van der Waals surface area contributed by atoms with Crippen LogP contribution in [0.4, 0.5) is 0 Å². The zero-order valence-corrected chi connectivity index (χ0v) is 9.31. The topological polar surface area (TPSA) is 29.1 Å². The fraction of sp³-hybridized carbons (Fsp3) is 0.900. The molecule has 1 amide bonds. The van der Waals surface area contributed by atoms with Crippen LogP contribution in [0, 0.1) is 11.8 Å². The van der Waals surface area contributed by atoms with Crippen LogP contribution in [0.3, 0.4) is 0 Å². The van der Waals surface area contributed by atoms with Gasteiger partial charge in [-0.1, -0.05) is 13.8 Å². The van der Waals surface area contributed by atoms with Gasteiger partial charge in [0.05, 0.1) is 5.75 Å². The van der Waals surface area contributed by atoms with Crippen LogP contribution in [0.2, 0.25) is 0 Å². The molecule has 0 spiro atoms. The highest BCUT2D eigenvalue weighted by Crippen LogP contribution is 2.29. The number of nitrogens with one attached hydrogen (secondary N) is 1. The minimum atomic E-state index is 0.0649. The van der Waals surface area contributed by atoms with Crippen molar-refractivity contribution in [3.63, 3.8) is 0 Å². The normalized spacial score (nSPS) is 34.2. The summed E-state index contributed by atoms with van der Waals surface area (Å²) in [7, 11) is 0. The van der Waals surface area contributed by atoms with E-state index in [2.05, 4.69) is 31.8 Å². The average molecular weight is 201 g/mol. The number of rotatable bonds is 2. The number of carbonyl (C=O) groups is 1. The molecule has 2 nitrogen and oxygen atoms in total. The van der Waals surface area contributed by atoms with Crippen molar-refractivity contribution in [3.8, 4) is 0 Å². The molecule has 1 rings (SSSR count). The van der Waals surface area contributed by atoms with Crippen molar-refractivity contribution in [3.05, 3.63) is 0 Å². The first-order chi connectivity index (χ1) is 6.13. The van der Waals surface area contributed by atoms with Crippen LogP contribution in [0.15, 0.2) is 0 Å². The molecule has 3 atom stereocenters. The third kappa shape index (κ3) is 3.22. The lowest BCUT2D eigenvalue weighted by Gasteiger charge is -2.32. The first kappa shape index (κ1) is 10.9. The second kappa shape index (κ2) is 4.89. The molecule has 1 fully saturated rings. The van der Waals surface area contributed by atoms with Gasteiger partial charge in [-0.25, -0.2) is 0 Å². The summed E-state index contributed by atoms with van der Waals surface area (Å²) in [5, 5.41) is 3.00. The fourth-order valence-electron chi connectivity index (χ4n) is 1.95. The molecule has 0 saturated heterocycles. The van der Waals surface area contributed by atoms with E-state index >= 15 is 0 Å². The lowest BCUT2D eigenvalue weighted by molar-refractivity contribution is -0.119. The second-order valence-corrected chi connectivity index (χ2v) is 4.51. The van der Waals surface area contributed by atoms with Crippen LogP contribution < -0.4 is 5.32 Å². The van der Waals surface area contributed by atoms with E-state index in [1.807, 2.05) is 0 Å². The molecule has 1 saturated carbocycles. The van der Waals surface area contributed by atoms with E-state index in [9.17, 15) is 4.79 Å². The van der Waals surface area contributed by atoms with Crippen molar-refractivity contribution in [1.82, 2.24) is 5.32 Å². The van der Waals surface area contributed by atoms with Crippen molar-refractivity contribution in [1.29, 1.82) is 0 Å². The SMILES string of the molecule is CC1CCC(NC(=O)CS)CC1C. The quantitative estimate of drug-likeness (QED) is 0.656. The van der Waals surface area contributed by atoms with E-state index in [1.54, 1.807) is 0 Å². The second-order valence-electron chi connectivity index (χ2n) is 4.19. The zero-order chi connectivity index (χ0) is 9.84. The van der Waals surface area contributed by atoms with Crippen molar-refractivity contribution in [2.45, 2.75) is 39.2 Å². The van der Waals surface area contributed by atoms with Crippen LogP contribution in [-0.4, -0.2) is 17.7 Å². The molecule has 1 N–H and O–H groups in total. The van der Waals surface area contributed by atoms with Gasteiger partial charge >= 0.3 is 0 Å². The van der Waals surface area contributed by atoms with Crippen LogP contribution in [0.5, 0.6) is 0 Å². The number of amides is 1. The molecule has 3 heteroatoms. The van der Waals surface area contributed by atoms with Gasteiger partial charge in [0.25, 0.3) is 0 Å². The fourth-order valence-corrected chi connectivity index (χ4v) is 2.04. The summed E-state index contributed by atoms with van der Waals surface area (Å²) in [5.41, 5.74) is 0. The zero-order valence-electron chi connectivity index (χ0n) is 8.42. The standard InChI is InChI=1S/C10H19NOS/c1-7-3-4-9(5-8(7)2)11-10(12)6-13/h7-9,13H,3-6H2,1-2H3,(H,11,12). The molecule has 1 aliphatic carbocycles. The number of hydrogen-bond donors (Lipinski definition) is 2. The Balaban J connectivity index is 2.33. The first-order valence-corrected chi connectivity index (χ1v) is 5.67. The third-order valence-corrected chi connectivity index (χ3v) is 3.39. The van der Waals surface area contributed by atoms with Gasteiger partial charge in [-0.05, 0) is 31.1 Å². The Kier molecular flexibility index (Phi) is 4.10. The molecule has 0 radical (unpaired) electrons. The Hall–Kier alpha value is -0.180. The summed E-state index contributed by atoms with van der Waals surface area (Å²) in [4.78, 5) is 11.1. The lowest BCUT2D eigenvalue weighted by atomic mass is 9.79. The average Bonchev–Trinajstić information content (AvgIpc) is 2.11. The van der Waals surface area contributed by atoms with E-state index in [0.29, 0.717) is 11.8 Å².